The van der Waals surface area contributed by atoms with Crippen molar-refractivity contribution >= 4 is 5.69 Å². The van der Waals surface area contributed by atoms with Crippen molar-refractivity contribution in [2.24, 2.45) is 11.7 Å². The molecule has 0 aliphatic heterocycles. The average Bonchev–Trinajstić information content (AvgIpc) is 2.33. The van der Waals surface area contributed by atoms with E-state index in [0.717, 1.165) is 12.5 Å². The van der Waals surface area contributed by atoms with Gasteiger partial charge in [0.15, 0.2) is 0 Å². The highest BCUT2D eigenvalue weighted by molar-refractivity contribution is 5.44. The van der Waals surface area contributed by atoms with E-state index in [2.05, 4.69) is 42.3 Å². The van der Waals surface area contributed by atoms with Crippen LogP contribution in [0, 0.1) is 5.92 Å². The number of hydrogen-bond acceptors (Lipinski definition) is 2. The molecule has 1 aliphatic carbocycles. The summed E-state index contributed by atoms with van der Waals surface area (Å²) in [5, 5.41) is 0. The minimum absolute atomic E-state index is 0.457. The Hall–Kier alpha value is -1.02. The number of hydrogen-bond donors (Lipinski definition) is 1. The van der Waals surface area contributed by atoms with Gasteiger partial charge in [-0.3, -0.25) is 0 Å². The topological polar surface area (TPSA) is 29.3 Å². The molecule has 0 amide bonds. The Morgan fingerprint density at radius 1 is 1.12 bits per heavy atom. The van der Waals surface area contributed by atoms with Gasteiger partial charge in [-0.25, -0.2) is 0 Å². The lowest BCUT2D eigenvalue weighted by Gasteiger charge is -2.30. The predicted octanol–water partition coefficient (Wildman–Crippen LogP) is 2.64. The van der Waals surface area contributed by atoms with Gasteiger partial charge in [-0.2, -0.15) is 0 Å². The molecular formula is C14H22N2. The summed E-state index contributed by atoms with van der Waals surface area (Å²) >= 11 is 0. The standard InChI is InChI=1S/C14H22N2/c1-16(14-5-3-2-4-6-14)11-12-7-9-13(15)10-8-12/h2-6,12-13H,7-11,15H2,1H3. The van der Waals surface area contributed by atoms with Crippen LogP contribution >= 0.6 is 0 Å². The first-order valence-corrected chi connectivity index (χ1v) is 6.27. The van der Waals surface area contributed by atoms with Crippen molar-refractivity contribution in [3.05, 3.63) is 30.3 Å². The van der Waals surface area contributed by atoms with E-state index < -0.39 is 0 Å². The molecule has 0 atom stereocenters. The zero-order valence-corrected chi connectivity index (χ0v) is 10.1. The van der Waals surface area contributed by atoms with Crippen LogP contribution in [0.25, 0.3) is 0 Å². The van der Waals surface area contributed by atoms with E-state index in [1.54, 1.807) is 0 Å². The van der Waals surface area contributed by atoms with Crippen LogP contribution in [0.4, 0.5) is 5.69 Å². The van der Waals surface area contributed by atoms with Crippen LogP contribution in [0.5, 0.6) is 0 Å². The van der Waals surface area contributed by atoms with Gasteiger partial charge >= 0.3 is 0 Å². The van der Waals surface area contributed by atoms with Crippen LogP contribution < -0.4 is 10.6 Å². The van der Waals surface area contributed by atoms with Crippen LogP contribution in [0.3, 0.4) is 0 Å². The molecule has 0 spiro atoms. The Morgan fingerprint density at radius 2 is 1.75 bits per heavy atom. The van der Waals surface area contributed by atoms with Crippen LogP contribution in [0.1, 0.15) is 25.7 Å². The van der Waals surface area contributed by atoms with E-state index in [4.69, 9.17) is 5.73 Å². The molecule has 1 aromatic carbocycles. The molecule has 2 nitrogen and oxygen atoms in total. The second-order valence-electron chi connectivity index (χ2n) is 5.00. The van der Waals surface area contributed by atoms with E-state index in [1.165, 1.54) is 31.4 Å². The molecule has 2 rings (SSSR count). The highest BCUT2D eigenvalue weighted by atomic mass is 15.1. The molecule has 0 aromatic heterocycles. The Balaban J connectivity index is 1.86. The van der Waals surface area contributed by atoms with E-state index in [0.29, 0.717) is 6.04 Å². The van der Waals surface area contributed by atoms with Crippen molar-refractivity contribution in [1.29, 1.82) is 0 Å². The van der Waals surface area contributed by atoms with Crippen LogP contribution in [0.2, 0.25) is 0 Å². The fourth-order valence-electron chi connectivity index (χ4n) is 2.55. The number of anilines is 1. The number of benzene rings is 1. The monoisotopic (exact) mass is 218 g/mol. The molecule has 1 aliphatic rings. The molecule has 0 bridgehead atoms. The summed E-state index contributed by atoms with van der Waals surface area (Å²) in [5.74, 6) is 0.824. The smallest absolute Gasteiger partial charge is 0.0363 e. The van der Waals surface area contributed by atoms with E-state index >= 15 is 0 Å². The lowest BCUT2D eigenvalue weighted by molar-refractivity contribution is 0.330. The quantitative estimate of drug-likeness (QED) is 0.845. The van der Waals surface area contributed by atoms with Gasteiger partial charge in [0, 0.05) is 25.3 Å². The first kappa shape index (κ1) is 11.5. The fourth-order valence-corrected chi connectivity index (χ4v) is 2.55. The van der Waals surface area contributed by atoms with Gasteiger partial charge in [0.05, 0.1) is 0 Å². The van der Waals surface area contributed by atoms with Crippen LogP contribution in [-0.4, -0.2) is 19.6 Å². The van der Waals surface area contributed by atoms with Gasteiger partial charge in [-0.05, 0) is 43.7 Å². The van der Waals surface area contributed by atoms with Gasteiger partial charge in [0.2, 0.25) is 0 Å². The zero-order valence-electron chi connectivity index (χ0n) is 10.1. The van der Waals surface area contributed by atoms with Crippen molar-refractivity contribution in [2.45, 2.75) is 31.7 Å². The summed E-state index contributed by atoms with van der Waals surface area (Å²) < 4.78 is 0. The molecule has 0 heterocycles. The summed E-state index contributed by atoms with van der Waals surface area (Å²) in [7, 11) is 2.18. The number of rotatable bonds is 3. The Labute approximate surface area is 98.4 Å². The molecule has 1 saturated carbocycles. The zero-order chi connectivity index (χ0) is 11.4. The Kier molecular flexibility index (Phi) is 3.83. The Morgan fingerprint density at radius 3 is 2.38 bits per heavy atom. The minimum Gasteiger partial charge on any atom is -0.374 e. The maximum absolute atomic E-state index is 5.93. The normalized spacial score (nSPS) is 25.4. The molecular weight excluding hydrogens is 196 g/mol. The lowest BCUT2D eigenvalue weighted by Crippen LogP contribution is -2.32. The largest absolute Gasteiger partial charge is 0.374 e. The molecule has 0 unspecified atom stereocenters. The Bertz CT molecular complexity index is 302. The van der Waals surface area contributed by atoms with Crippen molar-refractivity contribution in [2.75, 3.05) is 18.5 Å². The van der Waals surface area contributed by atoms with E-state index in [1.807, 2.05) is 0 Å². The molecule has 0 saturated heterocycles. The molecule has 0 radical (unpaired) electrons. The van der Waals surface area contributed by atoms with Gasteiger partial charge in [-0.1, -0.05) is 18.2 Å². The highest BCUT2D eigenvalue weighted by Crippen LogP contribution is 2.25. The predicted molar refractivity (Wildman–Crippen MR) is 69.6 cm³/mol. The van der Waals surface area contributed by atoms with Gasteiger partial charge in [0.1, 0.15) is 0 Å². The summed E-state index contributed by atoms with van der Waals surface area (Å²) in [6, 6.07) is 11.1. The molecule has 88 valence electrons. The van der Waals surface area contributed by atoms with Gasteiger partial charge in [0.25, 0.3) is 0 Å². The van der Waals surface area contributed by atoms with Crippen molar-refractivity contribution in [3.63, 3.8) is 0 Å². The SMILES string of the molecule is CN(CC1CCC(N)CC1)c1ccccc1. The second kappa shape index (κ2) is 5.35. The van der Waals surface area contributed by atoms with Gasteiger partial charge in [-0.15, -0.1) is 0 Å². The first-order valence-electron chi connectivity index (χ1n) is 6.27. The van der Waals surface area contributed by atoms with Crippen molar-refractivity contribution < 1.29 is 0 Å². The summed E-state index contributed by atoms with van der Waals surface area (Å²) in [6.45, 7) is 1.16. The molecule has 2 N–H and O–H groups in total. The highest BCUT2D eigenvalue weighted by Gasteiger charge is 2.19. The van der Waals surface area contributed by atoms with Crippen molar-refractivity contribution in [3.8, 4) is 0 Å². The van der Waals surface area contributed by atoms with Gasteiger partial charge < -0.3 is 10.6 Å². The summed E-state index contributed by atoms with van der Waals surface area (Å²) in [4.78, 5) is 2.36. The minimum atomic E-state index is 0.457. The maximum atomic E-state index is 5.93. The third-order valence-electron chi connectivity index (χ3n) is 3.62. The lowest BCUT2D eigenvalue weighted by atomic mass is 9.86. The van der Waals surface area contributed by atoms with Crippen molar-refractivity contribution in [1.82, 2.24) is 0 Å². The third kappa shape index (κ3) is 2.99. The third-order valence-corrected chi connectivity index (χ3v) is 3.62. The van der Waals surface area contributed by atoms with Crippen LogP contribution in [0.15, 0.2) is 30.3 Å². The average molecular weight is 218 g/mol. The molecule has 1 fully saturated rings. The second-order valence-corrected chi connectivity index (χ2v) is 5.00. The molecule has 2 heteroatoms. The molecule has 16 heavy (non-hydrogen) atoms. The van der Waals surface area contributed by atoms with Crippen LogP contribution in [-0.2, 0) is 0 Å². The summed E-state index contributed by atoms with van der Waals surface area (Å²) in [6.07, 6.45) is 4.98. The van der Waals surface area contributed by atoms with E-state index in [-0.39, 0.29) is 0 Å². The first-order chi connectivity index (χ1) is 7.75. The van der Waals surface area contributed by atoms with E-state index in [9.17, 15) is 0 Å². The molecule has 1 aromatic rings. The number of nitrogens with zero attached hydrogens (tertiary/aromatic N) is 1. The number of nitrogens with two attached hydrogens (primary N) is 1. The summed E-state index contributed by atoms with van der Waals surface area (Å²) in [5.41, 5.74) is 7.24. The fraction of sp³-hybridized carbons (Fsp3) is 0.571. The maximum Gasteiger partial charge on any atom is 0.0363 e. The number of para-hydroxylation sites is 1.